The summed E-state index contributed by atoms with van der Waals surface area (Å²) in [7, 11) is 0. The van der Waals surface area contributed by atoms with E-state index in [4.69, 9.17) is 29.6 Å². The van der Waals surface area contributed by atoms with Crippen molar-refractivity contribution in [2.45, 2.75) is 0 Å². The molecule has 0 radical (unpaired) electrons. The molecule has 92 valence electrons. The normalized spacial score (nSPS) is 9.83. The van der Waals surface area contributed by atoms with Crippen LogP contribution in [0.1, 0.15) is 0 Å². The van der Waals surface area contributed by atoms with Crippen LogP contribution < -0.4 is 16.4 Å². The van der Waals surface area contributed by atoms with Crippen molar-refractivity contribution in [3.8, 4) is 0 Å². The van der Waals surface area contributed by atoms with Gasteiger partial charge in [-0.1, -0.05) is 11.6 Å². The number of aromatic nitrogens is 1. The molecule has 0 aliphatic rings. The molecule has 2 rings (SSSR count). The van der Waals surface area contributed by atoms with Gasteiger partial charge in [-0.25, -0.2) is 0 Å². The summed E-state index contributed by atoms with van der Waals surface area (Å²) in [4.78, 5) is 3.96. The largest absolute Gasteiger partial charge is 0.399 e. The van der Waals surface area contributed by atoms with Crippen LogP contribution >= 0.6 is 23.8 Å². The van der Waals surface area contributed by atoms with Crippen LogP contribution in [-0.4, -0.2) is 10.1 Å². The van der Waals surface area contributed by atoms with Crippen molar-refractivity contribution in [1.29, 1.82) is 0 Å². The Morgan fingerprint density at radius 1 is 1.11 bits per heavy atom. The van der Waals surface area contributed by atoms with Crippen LogP contribution in [0.3, 0.4) is 0 Å². The monoisotopic (exact) mass is 278 g/mol. The first-order valence-corrected chi connectivity index (χ1v) is 5.96. The molecular weight excluding hydrogens is 268 g/mol. The van der Waals surface area contributed by atoms with Gasteiger partial charge in [-0.2, -0.15) is 0 Å². The summed E-state index contributed by atoms with van der Waals surface area (Å²) < 4.78 is 0. The van der Waals surface area contributed by atoms with Crippen LogP contribution in [0.15, 0.2) is 42.7 Å². The molecule has 2 aromatic rings. The molecule has 0 fully saturated rings. The van der Waals surface area contributed by atoms with Gasteiger partial charge in [0.25, 0.3) is 0 Å². The summed E-state index contributed by atoms with van der Waals surface area (Å²) in [6, 6.07) is 9.03. The first-order chi connectivity index (χ1) is 8.63. The molecule has 0 aliphatic carbocycles. The van der Waals surface area contributed by atoms with Crippen LogP contribution in [0.25, 0.3) is 0 Å². The number of benzene rings is 1. The average molecular weight is 279 g/mol. The lowest BCUT2D eigenvalue weighted by molar-refractivity contribution is 1.33. The molecule has 0 spiro atoms. The van der Waals surface area contributed by atoms with Gasteiger partial charge in [0.1, 0.15) is 0 Å². The topological polar surface area (TPSA) is 63.0 Å². The van der Waals surface area contributed by atoms with E-state index in [9.17, 15) is 0 Å². The Kier molecular flexibility index (Phi) is 3.96. The zero-order valence-corrected chi connectivity index (χ0v) is 10.9. The zero-order valence-electron chi connectivity index (χ0n) is 9.35. The molecule has 1 aromatic heterocycles. The Hall–Kier alpha value is -1.85. The standard InChI is InChI=1S/C12H11ClN4S/c13-8-5-11(7-15-6-8)17-12(18)16-10-3-1-9(14)2-4-10/h1-7H,14H2,(H2,16,17,18). The first kappa shape index (κ1) is 12.6. The third kappa shape index (κ3) is 3.58. The smallest absolute Gasteiger partial charge is 0.175 e. The predicted octanol–water partition coefficient (Wildman–Crippen LogP) is 3.13. The van der Waals surface area contributed by atoms with Gasteiger partial charge in [-0.3, -0.25) is 4.98 Å². The highest BCUT2D eigenvalue weighted by molar-refractivity contribution is 7.80. The van der Waals surface area contributed by atoms with Crippen LogP contribution in [0, 0.1) is 0 Å². The van der Waals surface area contributed by atoms with E-state index in [-0.39, 0.29) is 0 Å². The molecule has 0 saturated carbocycles. The van der Waals surface area contributed by atoms with Crippen molar-refractivity contribution in [1.82, 2.24) is 4.98 Å². The molecule has 6 heteroatoms. The van der Waals surface area contributed by atoms with Gasteiger partial charge in [0.2, 0.25) is 0 Å². The van der Waals surface area contributed by atoms with Gasteiger partial charge in [-0.05, 0) is 42.5 Å². The maximum Gasteiger partial charge on any atom is 0.175 e. The molecule has 0 saturated heterocycles. The molecule has 0 unspecified atom stereocenters. The van der Waals surface area contributed by atoms with E-state index in [1.54, 1.807) is 30.6 Å². The van der Waals surface area contributed by atoms with E-state index in [1.807, 2.05) is 12.1 Å². The minimum Gasteiger partial charge on any atom is -0.399 e. The maximum atomic E-state index is 5.83. The summed E-state index contributed by atoms with van der Waals surface area (Å²) in [5.74, 6) is 0. The second kappa shape index (κ2) is 5.66. The van der Waals surface area contributed by atoms with Crippen LogP contribution in [0.5, 0.6) is 0 Å². The van der Waals surface area contributed by atoms with Gasteiger partial charge >= 0.3 is 0 Å². The number of nitrogens with one attached hydrogen (secondary N) is 2. The maximum absolute atomic E-state index is 5.83. The van der Waals surface area contributed by atoms with Crippen molar-refractivity contribution in [2.24, 2.45) is 0 Å². The molecular formula is C12H11ClN4S. The predicted molar refractivity (Wildman–Crippen MR) is 79.9 cm³/mol. The minimum atomic E-state index is 0.462. The molecule has 1 heterocycles. The van der Waals surface area contributed by atoms with Gasteiger partial charge < -0.3 is 16.4 Å². The van der Waals surface area contributed by atoms with Crippen molar-refractivity contribution >= 4 is 46.0 Å². The first-order valence-electron chi connectivity index (χ1n) is 5.17. The molecule has 0 bridgehead atoms. The molecule has 0 atom stereocenters. The van der Waals surface area contributed by atoms with E-state index >= 15 is 0 Å². The minimum absolute atomic E-state index is 0.462. The van der Waals surface area contributed by atoms with Crippen molar-refractivity contribution < 1.29 is 0 Å². The number of nitrogens with zero attached hydrogens (tertiary/aromatic N) is 1. The Morgan fingerprint density at radius 2 is 1.78 bits per heavy atom. The van der Waals surface area contributed by atoms with Crippen molar-refractivity contribution in [3.63, 3.8) is 0 Å². The molecule has 4 N–H and O–H groups in total. The van der Waals surface area contributed by atoms with Crippen LogP contribution in [0.4, 0.5) is 17.1 Å². The molecule has 18 heavy (non-hydrogen) atoms. The van der Waals surface area contributed by atoms with E-state index in [1.165, 1.54) is 0 Å². The average Bonchev–Trinajstić information content (AvgIpc) is 2.32. The van der Waals surface area contributed by atoms with E-state index in [2.05, 4.69) is 15.6 Å². The molecule has 0 amide bonds. The lowest BCUT2D eigenvalue weighted by Gasteiger charge is -2.10. The number of hydrogen-bond donors (Lipinski definition) is 3. The lowest BCUT2D eigenvalue weighted by Crippen LogP contribution is -2.19. The highest BCUT2D eigenvalue weighted by Crippen LogP contribution is 2.14. The van der Waals surface area contributed by atoms with Crippen LogP contribution in [0.2, 0.25) is 5.02 Å². The van der Waals surface area contributed by atoms with Gasteiger partial charge in [0, 0.05) is 17.6 Å². The third-order valence-corrected chi connectivity index (χ3v) is 2.54. The number of pyridine rings is 1. The SMILES string of the molecule is Nc1ccc(NC(=S)Nc2cncc(Cl)c2)cc1. The van der Waals surface area contributed by atoms with Crippen LogP contribution in [-0.2, 0) is 0 Å². The molecule has 0 aliphatic heterocycles. The fourth-order valence-electron chi connectivity index (χ4n) is 1.34. The van der Waals surface area contributed by atoms with Gasteiger partial charge in [-0.15, -0.1) is 0 Å². The van der Waals surface area contributed by atoms with E-state index in [0.717, 1.165) is 11.4 Å². The lowest BCUT2D eigenvalue weighted by atomic mass is 10.3. The highest BCUT2D eigenvalue weighted by atomic mass is 35.5. The Balaban J connectivity index is 1.98. The highest BCUT2D eigenvalue weighted by Gasteiger charge is 1.99. The second-order valence-electron chi connectivity index (χ2n) is 3.59. The fourth-order valence-corrected chi connectivity index (χ4v) is 1.75. The zero-order chi connectivity index (χ0) is 13.0. The summed E-state index contributed by atoms with van der Waals surface area (Å²) >= 11 is 11.0. The molecule has 4 nitrogen and oxygen atoms in total. The van der Waals surface area contributed by atoms with Gasteiger partial charge in [0.05, 0.1) is 16.9 Å². The number of hydrogen-bond acceptors (Lipinski definition) is 3. The number of nitrogen functional groups attached to an aromatic ring is 1. The Labute approximate surface area is 115 Å². The van der Waals surface area contributed by atoms with Crippen molar-refractivity contribution in [3.05, 3.63) is 47.7 Å². The quantitative estimate of drug-likeness (QED) is 0.582. The summed E-state index contributed by atoms with van der Waals surface area (Å²) in [6.45, 7) is 0. The summed E-state index contributed by atoms with van der Waals surface area (Å²) in [6.07, 6.45) is 3.20. The summed E-state index contributed by atoms with van der Waals surface area (Å²) in [5.41, 5.74) is 7.90. The number of thiocarbonyl (C=S) groups is 1. The summed E-state index contributed by atoms with van der Waals surface area (Å²) in [5, 5.41) is 7.03. The van der Waals surface area contributed by atoms with Crippen molar-refractivity contribution in [2.75, 3.05) is 16.4 Å². The molecule has 1 aromatic carbocycles. The van der Waals surface area contributed by atoms with E-state index in [0.29, 0.717) is 15.8 Å². The Bertz CT molecular complexity index is 556. The number of anilines is 3. The third-order valence-electron chi connectivity index (χ3n) is 2.13. The Morgan fingerprint density at radius 3 is 2.44 bits per heavy atom. The second-order valence-corrected chi connectivity index (χ2v) is 4.44. The fraction of sp³-hybridized carbons (Fsp3) is 0. The number of rotatable bonds is 2. The van der Waals surface area contributed by atoms with Gasteiger partial charge in [0.15, 0.2) is 5.11 Å². The number of halogens is 1. The number of nitrogens with two attached hydrogens (primary N) is 1. The van der Waals surface area contributed by atoms with E-state index < -0.39 is 0 Å².